The Morgan fingerprint density at radius 2 is 2.09 bits per heavy atom. The molecule has 7 nitrogen and oxygen atoms in total. The summed E-state index contributed by atoms with van der Waals surface area (Å²) >= 11 is 0. The summed E-state index contributed by atoms with van der Waals surface area (Å²) in [7, 11) is 0. The molecule has 1 aliphatic heterocycles. The third-order valence-electron chi connectivity index (χ3n) is 3.68. The Balaban J connectivity index is 1.85. The molecule has 0 aliphatic carbocycles. The van der Waals surface area contributed by atoms with Crippen molar-refractivity contribution < 1.29 is 14.3 Å². The highest BCUT2D eigenvalue weighted by molar-refractivity contribution is 5.93. The van der Waals surface area contributed by atoms with Gasteiger partial charge in [-0.3, -0.25) is 14.3 Å². The molecule has 1 aliphatic rings. The average molecular weight is 308 g/mol. The van der Waals surface area contributed by atoms with Gasteiger partial charge in [0.15, 0.2) is 0 Å². The van der Waals surface area contributed by atoms with Crippen LogP contribution >= 0.6 is 0 Å². The van der Waals surface area contributed by atoms with E-state index in [1.54, 1.807) is 28.8 Å². The lowest BCUT2D eigenvalue weighted by Crippen LogP contribution is -2.62. The Hall–Kier alpha value is -1.89. The molecule has 22 heavy (non-hydrogen) atoms. The van der Waals surface area contributed by atoms with Crippen molar-refractivity contribution in [3.05, 3.63) is 18.0 Å². The van der Waals surface area contributed by atoms with Crippen LogP contribution in [0.1, 0.15) is 44.2 Å². The van der Waals surface area contributed by atoms with Gasteiger partial charge in [-0.15, -0.1) is 0 Å². The lowest BCUT2D eigenvalue weighted by atomic mass is 10.1. The minimum Gasteiger partial charge on any atom is -0.369 e. The van der Waals surface area contributed by atoms with E-state index in [0.717, 1.165) is 0 Å². The van der Waals surface area contributed by atoms with Crippen LogP contribution in [-0.4, -0.2) is 58.3 Å². The van der Waals surface area contributed by atoms with E-state index in [0.29, 0.717) is 25.4 Å². The number of hydrogen-bond acceptors (Lipinski definition) is 4. The molecule has 0 saturated carbocycles. The molecule has 2 heterocycles. The lowest BCUT2D eigenvalue weighted by molar-refractivity contribution is -0.133. The normalized spacial score (nSPS) is 16.5. The van der Waals surface area contributed by atoms with Gasteiger partial charge in [0.25, 0.3) is 5.91 Å². The number of hydrogen-bond donors (Lipinski definition) is 1. The summed E-state index contributed by atoms with van der Waals surface area (Å²) in [6.45, 7) is 9.09. The Bertz CT molecular complexity index is 535. The van der Waals surface area contributed by atoms with Crippen molar-refractivity contribution in [1.29, 1.82) is 0 Å². The van der Waals surface area contributed by atoms with Gasteiger partial charge in [-0.1, -0.05) is 0 Å². The third-order valence-corrected chi connectivity index (χ3v) is 3.68. The molecule has 1 unspecified atom stereocenters. The van der Waals surface area contributed by atoms with E-state index < -0.39 is 6.10 Å². The number of nitrogens with zero attached hydrogens (tertiary/aromatic N) is 3. The highest BCUT2D eigenvalue weighted by Crippen LogP contribution is 2.16. The number of carbonyl (C=O) groups excluding carboxylic acids is 2. The van der Waals surface area contributed by atoms with Gasteiger partial charge in [0, 0.05) is 31.9 Å². The van der Waals surface area contributed by atoms with Gasteiger partial charge >= 0.3 is 0 Å². The topological polar surface area (TPSA) is 76.5 Å². The van der Waals surface area contributed by atoms with Crippen LogP contribution in [0.25, 0.3) is 0 Å². The van der Waals surface area contributed by atoms with Crippen LogP contribution in [0.15, 0.2) is 12.3 Å². The van der Waals surface area contributed by atoms with Crippen LogP contribution in [-0.2, 0) is 9.53 Å². The molecule has 122 valence electrons. The third kappa shape index (κ3) is 3.47. The summed E-state index contributed by atoms with van der Waals surface area (Å²) in [5.74, 6) is -0.180. The van der Waals surface area contributed by atoms with E-state index in [4.69, 9.17) is 4.74 Å². The molecule has 0 radical (unpaired) electrons. The van der Waals surface area contributed by atoms with E-state index in [1.165, 1.54) is 0 Å². The largest absolute Gasteiger partial charge is 0.369 e. The number of carbonyl (C=O) groups is 2. The number of aromatic nitrogens is 2. The first kappa shape index (κ1) is 16.5. The van der Waals surface area contributed by atoms with Gasteiger partial charge in [-0.05, 0) is 33.8 Å². The van der Waals surface area contributed by atoms with Crippen molar-refractivity contribution >= 4 is 11.8 Å². The molecule has 0 spiro atoms. The molecule has 7 heteroatoms. The molecule has 1 aromatic heterocycles. The van der Waals surface area contributed by atoms with E-state index in [2.05, 4.69) is 10.4 Å². The second-order valence-electron chi connectivity index (χ2n) is 5.77. The van der Waals surface area contributed by atoms with Gasteiger partial charge in [0.05, 0.1) is 6.04 Å². The van der Waals surface area contributed by atoms with Crippen molar-refractivity contribution in [2.24, 2.45) is 0 Å². The van der Waals surface area contributed by atoms with E-state index in [9.17, 15) is 9.59 Å². The molecule has 1 fully saturated rings. The smallest absolute Gasteiger partial charge is 0.272 e. The first-order chi connectivity index (χ1) is 10.4. The number of rotatable bonds is 6. The van der Waals surface area contributed by atoms with Crippen LogP contribution in [0.4, 0.5) is 0 Å². The highest BCUT2D eigenvalue weighted by atomic mass is 16.5. The number of ether oxygens (including phenoxy) is 1. The zero-order valence-electron chi connectivity index (χ0n) is 13.6. The molecule has 0 aromatic carbocycles. The molecule has 2 amide bonds. The van der Waals surface area contributed by atoms with Crippen LogP contribution in [0.2, 0.25) is 0 Å². The molecule has 1 atom stereocenters. The Kier molecular flexibility index (Phi) is 5.18. The van der Waals surface area contributed by atoms with Crippen molar-refractivity contribution in [3.8, 4) is 0 Å². The van der Waals surface area contributed by atoms with Crippen molar-refractivity contribution in [2.75, 3.05) is 19.7 Å². The second-order valence-corrected chi connectivity index (χ2v) is 5.77. The summed E-state index contributed by atoms with van der Waals surface area (Å²) < 4.78 is 6.96. The van der Waals surface area contributed by atoms with Crippen molar-refractivity contribution in [1.82, 2.24) is 20.0 Å². The molecule has 1 aromatic rings. The summed E-state index contributed by atoms with van der Waals surface area (Å²) in [5, 5.41) is 7.06. The van der Waals surface area contributed by atoms with Crippen LogP contribution < -0.4 is 5.32 Å². The summed E-state index contributed by atoms with van der Waals surface area (Å²) in [6, 6.07) is 1.86. The van der Waals surface area contributed by atoms with Crippen LogP contribution in [0, 0.1) is 0 Å². The average Bonchev–Trinajstić information content (AvgIpc) is 2.91. The molecule has 1 N–H and O–H groups in total. The van der Waals surface area contributed by atoms with Gasteiger partial charge < -0.3 is 15.0 Å². The fourth-order valence-electron chi connectivity index (χ4n) is 2.44. The van der Waals surface area contributed by atoms with Crippen LogP contribution in [0.5, 0.6) is 0 Å². The van der Waals surface area contributed by atoms with E-state index in [-0.39, 0.29) is 23.9 Å². The van der Waals surface area contributed by atoms with Gasteiger partial charge in [-0.25, -0.2) is 0 Å². The van der Waals surface area contributed by atoms with Gasteiger partial charge in [-0.2, -0.15) is 5.10 Å². The maximum atomic E-state index is 12.4. The fourth-order valence-corrected chi connectivity index (χ4v) is 2.44. The lowest BCUT2D eigenvalue weighted by Gasteiger charge is -2.40. The maximum absolute atomic E-state index is 12.4. The fraction of sp³-hybridized carbons (Fsp3) is 0.667. The van der Waals surface area contributed by atoms with Crippen molar-refractivity contribution in [2.45, 2.75) is 45.9 Å². The molecule has 2 rings (SSSR count). The maximum Gasteiger partial charge on any atom is 0.272 e. The number of amides is 2. The second kappa shape index (κ2) is 6.91. The Morgan fingerprint density at radius 1 is 1.41 bits per heavy atom. The Morgan fingerprint density at radius 3 is 2.68 bits per heavy atom. The quantitative estimate of drug-likeness (QED) is 0.844. The highest BCUT2D eigenvalue weighted by Gasteiger charge is 2.34. The van der Waals surface area contributed by atoms with E-state index in [1.807, 2.05) is 20.8 Å². The predicted octanol–water partition coefficient (Wildman–Crippen LogP) is 0.830. The molecular weight excluding hydrogens is 284 g/mol. The molecule has 1 saturated heterocycles. The zero-order valence-corrected chi connectivity index (χ0v) is 13.6. The first-order valence-corrected chi connectivity index (χ1v) is 7.68. The molecular formula is C15H24N4O3. The number of likely N-dealkylation sites (tertiary alicyclic amines) is 1. The van der Waals surface area contributed by atoms with Crippen LogP contribution in [0.3, 0.4) is 0 Å². The SMILES string of the molecule is CCOC(C)C(=O)NC1CN(C(=O)c2ccnn2C(C)C)C1. The zero-order chi connectivity index (χ0) is 16.3. The van der Waals surface area contributed by atoms with Crippen molar-refractivity contribution in [3.63, 3.8) is 0 Å². The van der Waals surface area contributed by atoms with Gasteiger partial charge in [0.2, 0.25) is 5.91 Å². The standard InChI is InChI=1S/C15H24N4O3/c1-5-22-11(4)14(20)17-12-8-18(9-12)15(21)13-6-7-16-19(13)10(2)3/h6-7,10-12H,5,8-9H2,1-4H3,(H,17,20). The minimum absolute atomic E-state index is 0.00484. The van der Waals surface area contributed by atoms with Gasteiger partial charge in [0.1, 0.15) is 11.8 Å². The minimum atomic E-state index is -0.461. The summed E-state index contributed by atoms with van der Waals surface area (Å²) in [5.41, 5.74) is 0.586. The first-order valence-electron chi connectivity index (χ1n) is 7.68. The molecule has 0 bridgehead atoms. The summed E-state index contributed by atoms with van der Waals surface area (Å²) in [4.78, 5) is 26.0. The van der Waals surface area contributed by atoms with E-state index >= 15 is 0 Å². The predicted molar refractivity (Wildman–Crippen MR) is 81.5 cm³/mol. The Labute approximate surface area is 130 Å². The monoisotopic (exact) mass is 308 g/mol. The summed E-state index contributed by atoms with van der Waals surface area (Å²) in [6.07, 6.45) is 1.17. The number of nitrogens with one attached hydrogen (secondary N) is 1.